The minimum atomic E-state index is -1.80. The van der Waals surface area contributed by atoms with E-state index in [-0.39, 0.29) is 28.4 Å². The zero-order valence-corrected chi connectivity index (χ0v) is 33.4. The van der Waals surface area contributed by atoms with Gasteiger partial charge < -0.3 is 23.1 Å². The van der Waals surface area contributed by atoms with Crippen LogP contribution in [0.5, 0.6) is 0 Å². The summed E-state index contributed by atoms with van der Waals surface area (Å²) in [5.41, 5.74) is 0.986. The summed E-state index contributed by atoms with van der Waals surface area (Å²) in [6, 6.07) is 9.86. The predicted molar refractivity (Wildman–Crippen MR) is 196 cm³/mol. The maximum atomic E-state index is 12.3. The first-order valence-corrected chi connectivity index (χ1v) is 24.1. The Bertz CT molecular complexity index is 962. The highest BCUT2D eigenvalue weighted by Gasteiger charge is 2.39. The van der Waals surface area contributed by atoms with Crippen molar-refractivity contribution < 1.29 is 27.9 Å². The van der Waals surface area contributed by atoms with Crippen molar-refractivity contribution in [1.82, 2.24) is 0 Å². The van der Waals surface area contributed by atoms with E-state index < -0.39 is 16.6 Å². The molecule has 46 heavy (non-hydrogen) atoms. The fourth-order valence-corrected chi connectivity index (χ4v) is 7.69. The van der Waals surface area contributed by atoms with Crippen molar-refractivity contribution in [3.63, 3.8) is 0 Å². The fraction of sp³-hybridized carbons (Fsp3) is 0.816. The number of rotatable bonds is 21. The third kappa shape index (κ3) is 15.5. The van der Waals surface area contributed by atoms with Crippen LogP contribution in [-0.4, -0.2) is 54.6 Å². The normalized spacial score (nSPS) is 18.8. The molecule has 0 bridgehead atoms. The van der Waals surface area contributed by atoms with Gasteiger partial charge >= 0.3 is 5.97 Å². The van der Waals surface area contributed by atoms with Gasteiger partial charge in [-0.05, 0) is 61.9 Å². The lowest BCUT2D eigenvalue weighted by Gasteiger charge is -2.39. The van der Waals surface area contributed by atoms with E-state index in [0.29, 0.717) is 25.7 Å². The summed E-state index contributed by atoms with van der Waals surface area (Å²) in [4.78, 5) is 12.3. The van der Waals surface area contributed by atoms with Gasteiger partial charge in [0.1, 0.15) is 6.10 Å². The van der Waals surface area contributed by atoms with Crippen molar-refractivity contribution in [2.45, 2.75) is 180 Å². The standard InChI is InChI=1S/C38H70O6Si2/c1-37(2,3)45(7,8)42-29-23-16-15-21-27-33(44-46(9,10)38(4,5)6)26-20-13-11-12-14-22-28-35(39)43-34-30-40-36(41-31-34)32-24-18-17-19-25-32/h17-19,24-25,33-34,36H,11-16,20-23,26-31H2,1-10H3. The largest absolute Gasteiger partial charge is 0.457 e. The van der Waals surface area contributed by atoms with Crippen LogP contribution in [0, 0.1) is 0 Å². The molecule has 0 amide bonds. The third-order valence-corrected chi connectivity index (χ3v) is 19.4. The Morgan fingerprint density at radius 1 is 0.739 bits per heavy atom. The number of carbonyl (C=O) groups excluding carboxylic acids is 1. The average molecular weight is 679 g/mol. The lowest BCUT2D eigenvalue weighted by atomic mass is 10.0. The van der Waals surface area contributed by atoms with Gasteiger partial charge in [0.05, 0.1) is 13.2 Å². The summed E-state index contributed by atoms with van der Waals surface area (Å²) in [5.74, 6) is -0.149. The summed E-state index contributed by atoms with van der Waals surface area (Å²) in [6.45, 7) is 25.1. The van der Waals surface area contributed by atoms with Gasteiger partial charge in [-0.1, -0.05) is 123 Å². The van der Waals surface area contributed by atoms with E-state index in [9.17, 15) is 4.79 Å². The highest BCUT2D eigenvalue weighted by molar-refractivity contribution is 6.74. The Kier molecular flexibility index (Phi) is 17.7. The first-order valence-electron chi connectivity index (χ1n) is 18.3. The van der Waals surface area contributed by atoms with Crippen molar-refractivity contribution in [2.24, 2.45) is 0 Å². The molecule has 1 aliphatic rings. The number of benzene rings is 1. The van der Waals surface area contributed by atoms with E-state index in [4.69, 9.17) is 23.1 Å². The summed E-state index contributed by atoms with van der Waals surface area (Å²) in [7, 11) is -3.43. The molecule has 1 saturated heterocycles. The number of hydrogen-bond donors (Lipinski definition) is 0. The Balaban J connectivity index is 1.58. The zero-order chi connectivity index (χ0) is 34.3. The molecule has 0 saturated carbocycles. The molecule has 1 atom stereocenters. The molecule has 0 radical (unpaired) electrons. The average Bonchev–Trinajstić information content (AvgIpc) is 2.97. The zero-order valence-electron chi connectivity index (χ0n) is 31.4. The maximum absolute atomic E-state index is 12.3. The number of carbonyl (C=O) groups is 1. The third-order valence-electron chi connectivity index (χ3n) is 10.4. The summed E-state index contributed by atoms with van der Waals surface area (Å²) in [5, 5.41) is 0.513. The van der Waals surface area contributed by atoms with Gasteiger partial charge in [0.15, 0.2) is 22.9 Å². The Hall–Kier alpha value is -1.04. The van der Waals surface area contributed by atoms with Crippen molar-refractivity contribution in [1.29, 1.82) is 0 Å². The first-order chi connectivity index (χ1) is 21.5. The van der Waals surface area contributed by atoms with Crippen molar-refractivity contribution in [3.8, 4) is 0 Å². The van der Waals surface area contributed by atoms with Gasteiger partial charge in [0.2, 0.25) is 0 Å². The Morgan fingerprint density at radius 2 is 1.24 bits per heavy atom. The number of hydrogen-bond acceptors (Lipinski definition) is 6. The molecule has 0 aromatic heterocycles. The van der Waals surface area contributed by atoms with Crippen molar-refractivity contribution in [2.75, 3.05) is 19.8 Å². The molecule has 1 aromatic carbocycles. The Morgan fingerprint density at radius 3 is 1.78 bits per heavy atom. The van der Waals surface area contributed by atoms with E-state index in [0.717, 1.165) is 44.3 Å². The quantitative estimate of drug-likeness (QED) is 0.0732. The predicted octanol–water partition coefficient (Wildman–Crippen LogP) is 11.1. The molecule has 1 aromatic rings. The van der Waals surface area contributed by atoms with Gasteiger partial charge in [-0.25, -0.2) is 0 Å². The second kappa shape index (κ2) is 19.8. The number of unbranched alkanes of at least 4 members (excludes halogenated alkanes) is 8. The molecule has 0 spiro atoms. The Labute approximate surface area is 285 Å². The second-order valence-electron chi connectivity index (χ2n) is 16.5. The molecule has 1 fully saturated rings. The van der Waals surface area contributed by atoms with E-state index in [2.05, 4.69) is 67.7 Å². The highest BCUT2D eigenvalue weighted by atomic mass is 28.4. The van der Waals surface area contributed by atoms with Crippen LogP contribution < -0.4 is 0 Å². The van der Waals surface area contributed by atoms with Gasteiger partial charge in [0.25, 0.3) is 0 Å². The molecule has 2 rings (SSSR count). The van der Waals surface area contributed by atoms with Crippen molar-refractivity contribution >= 4 is 22.6 Å². The first kappa shape index (κ1) is 41.1. The molecule has 1 heterocycles. The molecule has 1 aliphatic heterocycles. The lowest BCUT2D eigenvalue weighted by molar-refractivity contribution is -0.229. The molecule has 0 N–H and O–H groups in total. The summed E-state index contributed by atoms with van der Waals surface area (Å²) >= 11 is 0. The van der Waals surface area contributed by atoms with Crippen LogP contribution in [0.3, 0.4) is 0 Å². The maximum Gasteiger partial charge on any atom is 0.306 e. The molecular formula is C38H70O6Si2. The van der Waals surface area contributed by atoms with Crippen LogP contribution in [0.15, 0.2) is 30.3 Å². The van der Waals surface area contributed by atoms with Crippen LogP contribution in [0.2, 0.25) is 36.3 Å². The molecule has 6 nitrogen and oxygen atoms in total. The smallest absolute Gasteiger partial charge is 0.306 e. The van der Waals surface area contributed by atoms with Crippen LogP contribution in [0.25, 0.3) is 0 Å². The number of ether oxygens (including phenoxy) is 3. The van der Waals surface area contributed by atoms with Gasteiger partial charge in [-0.15, -0.1) is 0 Å². The van der Waals surface area contributed by atoms with E-state index >= 15 is 0 Å². The SMILES string of the molecule is CC(C)(C)[Si](C)(C)OCCCCCCC(CCCCCCCCC(=O)OC1COC(c2ccccc2)OC1)O[Si](C)(C)C(C)(C)C. The minimum Gasteiger partial charge on any atom is -0.457 e. The van der Waals surface area contributed by atoms with Crippen LogP contribution in [-0.2, 0) is 27.9 Å². The molecule has 0 aliphatic carbocycles. The fourth-order valence-electron chi connectivity index (χ4n) is 5.18. The van der Waals surface area contributed by atoms with E-state index in [1.807, 2.05) is 30.3 Å². The topological polar surface area (TPSA) is 63.2 Å². The van der Waals surface area contributed by atoms with E-state index in [1.165, 1.54) is 44.9 Å². The van der Waals surface area contributed by atoms with Gasteiger partial charge in [0, 0.05) is 24.7 Å². The van der Waals surface area contributed by atoms with Crippen molar-refractivity contribution in [3.05, 3.63) is 35.9 Å². The summed E-state index contributed by atoms with van der Waals surface area (Å²) < 4.78 is 30.4. The monoisotopic (exact) mass is 678 g/mol. The van der Waals surface area contributed by atoms with Gasteiger partial charge in [-0.3, -0.25) is 4.79 Å². The van der Waals surface area contributed by atoms with Crippen LogP contribution >= 0.6 is 0 Å². The highest BCUT2D eigenvalue weighted by Crippen LogP contribution is 2.39. The van der Waals surface area contributed by atoms with Crippen LogP contribution in [0.4, 0.5) is 0 Å². The minimum absolute atomic E-state index is 0.149. The lowest BCUT2D eigenvalue weighted by Crippen LogP contribution is -2.44. The second-order valence-corrected chi connectivity index (χ2v) is 26.1. The van der Waals surface area contributed by atoms with E-state index in [1.54, 1.807) is 0 Å². The molecule has 266 valence electrons. The summed E-state index contributed by atoms with van der Waals surface area (Å²) in [6.07, 6.45) is 14.1. The molecule has 8 heteroatoms. The number of esters is 1. The molecule has 1 unspecified atom stereocenters. The van der Waals surface area contributed by atoms with Gasteiger partial charge in [-0.2, -0.15) is 0 Å². The molecular weight excluding hydrogens is 609 g/mol. The van der Waals surface area contributed by atoms with Crippen LogP contribution in [0.1, 0.15) is 137 Å².